The number of aliphatic hydroxyl groups excluding tert-OH is 8. The minimum Gasteiger partial charge on any atom is -0.394 e. The van der Waals surface area contributed by atoms with Crippen molar-refractivity contribution >= 4 is 5.91 Å². The summed E-state index contributed by atoms with van der Waals surface area (Å²) in [5.41, 5.74) is 0. The third-order valence-corrected chi connectivity index (χ3v) is 18.0. The molecule has 12 atom stereocenters. The van der Waals surface area contributed by atoms with Crippen LogP contribution in [-0.4, -0.2) is 140 Å². The van der Waals surface area contributed by atoms with E-state index in [2.05, 4.69) is 104 Å². The number of carbonyl (C=O) groups is 1. The number of hydrogen-bond donors (Lipinski definition) is 9. The molecule has 0 spiro atoms. The van der Waals surface area contributed by atoms with Crippen molar-refractivity contribution in [3.8, 4) is 0 Å². The first kappa shape index (κ1) is 86.0. The highest BCUT2D eigenvalue weighted by Crippen LogP contribution is 2.30. The van der Waals surface area contributed by atoms with Crippen LogP contribution in [-0.2, 0) is 23.7 Å². The predicted molar refractivity (Wildman–Crippen MR) is 383 cm³/mol. The molecular formula is C79H139NO13. The Hall–Kier alpha value is -3.09. The number of aliphatic hydroxyl groups is 8. The first-order chi connectivity index (χ1) is 45.6. The molecule has 2 heterocycles. The van der Waals surface area contributed by atoms with Crippen LogP contribution in [0, 0.1) is 0 Å². The highest BCUT2D eigenvalue weighted by molar-refractivity contribution is 5.76. The maximum atomic E-state index is 13.3. The average molecular weight is 1310 g/mol. The van der Waals surface area contributed by atoms with Gasteiger partial charge in [0.2, 0.25) is 5.91 Å². The van der Waals surface area contributed by atoms with Gasteiger partial charge in [-0.2, -0.15) is 0 Å². The van der Waals surface area contributed by atoms with Crippen molar-refractivity contribution in [2.45, 2.75) is 376 Å². The molecule has 2 saturated heterocycles. The molecule has 1 amide bonds. The van der Waals surface area contributed by atoms with Gasteiger partial charge in [0.05, 0.1) is 32.0 Å². The van der Waals surface area contributed by atoms with Gasteiger partial charge in [0.25, 0.3) is 0 Å². The van der Waals surface area contributed by atoms with Gasteiger partial charge in [0.1, 0.15) is 48.8 Å². The molecule has 12 unspecified atom stereocenters. The fourth-order valence-corrected chi connectivity index (χ4v) is 12.0. The Labute approximate surface area is 566 Å². The lowest BCUT2D eigenvalue weighted by Gasteiger charge is -2.46. The van der Waals surface area contributed by atoms with Crippen LogP contribution in [0.1, 0.15) is 303 Å². The monoisotopic (exact) mass is 1310 g/mol. The molecule has 0 bridgehead atoms. The zero-order chi connectivity index (χ0) is 67.3. The Balaban J connectivity index is 1.57. The van der Waals surface area contributed by atoms with Gasteiger partial charge in [-0.1, -0.05) is 304 Å². The van der Waals surface area contributed by atoms with Crippen LogP contribution in [0.2, 0.25) is 0 Å². The highest BCUT2D eigenvalue weighted by atomic mass is 16.7. The van der Waals surface area contributed by atoms with Crippen molar-refractivity contribution < 1.29 is 64.6 Å². The number of carbonyl (C=O) groups excluding carboxylic acids is 1. The second kappa shape index (κ2) is 62.4. The van der Waals surface area contributed by atoms with Gasteiger partial charge in [0.15, 0.2) is 12.6 Å². The van der Waals surface area contributed by atoms with E-state index in [0.29, 0.717) is 12.8 Å². The van der Waals surface area contributed by atoms with Crippen LogP contribution in [0.3, 0.4) is 0 Å². The first-order valence-electron chi connectivity index (χ1n) is 38.0. The molecule has 93 heavy (non-hydrogen) atoms. The minimum absolute atomic E-state index is 0.250. The van der Waals surface area contributed by atoms with Crippen molar-refractivity contribution in [1.29, 1.82) is 0 Å². The number of rotatable bonds is 62. The lowest BCUT2D eigenvalue weighted by atomic mass is 9.97. The Morgan fingerprint density at radius 2 is 0.753 bits per heavy atom. The van der Waals surface area contributed by atoms with Crippen LogP contribution >= 0.6 is 0 Å². The van der Waals surface area contributed by atoms with Crippen molar-refractivity contribution in [2.75, 3.05) is 19.8 Å². The average Bonchev–Trinajstić information content (AvgIpc) is 0.958. The second-order valence-corrected chi connectivity index (χ2v) is 26.4. The molecule has 538 valence electrons. The molecule has 0 aromatic rings. The number of hydrogen-bond acceptors (Lipinski definition) is 13. The summed E-state index contributed by atoms with van der Waals surface area (Å²) in [4.78, 5) is 13.3. The minimum atomic E-state index is -1.80. The first-order valence-corrected chi connectivity index (χ1v) is 38.0. The van der Waals surface area contributed by atoms with Crippen LogP contribution < -0.4 is 5.32 Å². The molecule has 0 aromatic heterocycles. The van der Waals surface area contributed by atoms with Crippen molar-refractivity contribution in [2.24, 2.45) is 0 Å². The summed E-state index contributed by atoms with van der Waals surface area (Å²) in [5, 5.41) is 87.4. The van der Waals surface area contributed by atoms with Crippen LogP contribution in [0.5, 0.6) is 0 Å². The number of unbranched alkanes of at least 4 members (excludes halogenated alkanes) is 35. The van der Waals surface area contributed by atoms with Gasteiger partial charge in [-0.15, -0.1) is 0 Å². The Morgan fingerprint density at radius 3 is 1.18 bits per heavy atom. The lowest BCUT2D eigenvalue weighted by Crippen LogP contribution is -2.65. The fraction of sp³-hybridized carbons (Fsp3) is 0.785. The zero-order valence-electron chi connectivity index (χ0n) is 58.7. The van der Waals surface area contributed by atoms with Crippen LogP contribution in [0.4, 0.5) is 0 Å². The molecule has 9 N–H and O–H groups in total. The molecule has 0 radical (unpaired) electrons. The zero-order valence-corrected chi connectivity index (χ0v) is 58.7. The number of nitrogens with one attached hydrogen (secondary N) is 1. The lowest BCUT2D eigenvalue weighted by molar-refractivity contribution is -0.359. The molecule has 0 saturated carbocycles. The summed E-state index contributed by atoms with van der Waals surface area (Å²) in [7, 11) is 0. The number of ether oxygens (including phenoxy) is 4. The summed E-state index contributed by atoms with van der Waals surface area (Å²) in [6, 6.07) is -0.941. The maximum absolute atomic E-state index is 13.3. The maximum Gasteiger partial charge on any atom is 0.220 e. The molecule has 0 aromatic carbocycles. The molecule has 2 aliphatic rings. The molecule has 2 fully saturated rings. The number of allylic oxidation sites excluding steroid dienone is 15. The molecule has 2 aliphatic heterocycles. The molecule has 2 rings (SSSR count). The van der Waals surface area contributed by atoms with Crippen molar-refractivity contribution in [3.63, 3.8) is 0 Å². The van der Waals surface area contributed by atoms with E-state index >= 15 is 0 Å². The number of amides is 1. The largest absolute Gasteiger partial charge is 0.394 e. The summed E-state index contributed by atoms with van der Waals surface area (Å²) in [6.45, 7) is 2.68. The normalized spacial score (nSPS) is 23.1. The standard InChI is InChI=1S/C79H139NO13/c1-3-5-7-9-11-13-15-17-19-21-23-24-25-26-27-28-29-30-31-32-33-34-35-36-37-38-39-40-41-42-43-44-45-47-49-51-53-55-57-59-61-63-71(84)80-67(68(83)62-60-58-56-54-52-50-48-46-22-20-18-16-14-12-10-8-6-4-2)66-90-78-76(89)74(87)77(70(65-82)92-78)93-79-75(88)73(86)72(85)69(64-81)91-79/h5,7,11,13,17,19,22-24,26-27,46,52,54,60,62,67-70,72-79,81-83,85-89H,3-4,6,8-10,12,14-16,18,20-21,25,28-45,47-51,53,55-59,61,63-66H2,1-2H3,(H,80,84)/b7-5-,13-11-,19-17-,24-23-,27-26-,46-22+,54-52+,62-60+. The van der Waals surface area contributed by atoms with E-state index in [-0.39, 0.29) is 18.9 Å². The predicted octanol–water partition coefficient (Wildman–Crippen LogP) is 16.5. The summed E-state index contributed by atoms with van der Waals surface area (Å²) >= 11 is 0. The SMILES string of the molecule is CC/C=C\C/C=C\C/C=C\C/C=C\C/C=C\CCCCCCCCCCCCCCCCCCCCCCCCCCCC(=O)NC(COC1OC(CO)C(OC2OC(CO)C(O)C(O)C2O)C(O)C1O)C(O)/C=C/CC/C=C/CC/C=C/CCCCCCCCCC. The van der Waals surface area contributed by atoms with Gasteiger partial charge < -0.3 is 65.1 Å². The van der Waals surface area contributed by atoms with Gasteiger partial charge in [0, 0.05) is 6.42 Å². The van der Waals surface area contributed by atoms with E-state index in [1.807, 2.05) is 6.08 Å². The van der Waals surface area contributed by atoms with E-state index in [9.17, 15) is 45.6 Å². The van der Waals surface area contributed by atoms with E-state index in [0.717, 1.165) is 77.0 Å². The van der Waals surface area contributed by atoms with Gasteiger partial charge in [-0.3, -0.25) is 4.79 Å². The molecule has 0 aliphatic carbocycles. The van der Waals surface area contributed by atoms with Crippen LogP contribution in [0.15, 0.2) is 97.2 Å². The molecule has 14 nitrogen and oxygen atoms in total. The van der Waals surface area contributed by atoms with E-state index in [1.54, 1.807) is 6.08 Å². The van der Waals surface area contributed by atoms with Gasteiger partial charge >= 0.3 is 0 Å². The smallest absolute Gasteiger partial charge is 0.220 e. The topological polar surface area (TPSA) is 228 Å². The fourth-order valence-electron chi connectivity index (χ4n) is 12.0. The molecule has 14 heteroatoms. The Bertz CT molecular complexity index is 1930. The van der Waals surface area contributed by atoms with E-state index in [1.165, 1.54) is 193 Å². The van der Waals surface area contributed by atoms with Gasteiger partial charge in [-0.25, -0.2) is 0 Å². The summed E-state index contributed by atoms with van der Waals surface area (Å²) < 4.78 is 22.8. The third-order valence-electron chi connectivity index (χ3n) is 18.0. The Morgan fingerprint density at radius 1 is 0.398 bits per heavy atom. The summed E-state index contributed by atoms with van der Waals surface area (Å²) in [6.07, 6.45) is 72.1. The Kier molecular flexibility index (Phi) is 57.7. The van der Waals surface area contributed by atoms with Crippen molar-refractivity contribution in [3.05, 3.63) is 97.2 Å². The van der Waals surface area contributed by atoms with E-state index in [4.69, 9.17) is 18.9 Å². The third kappa shape index (κ3) is 45.9. The quantitative estimate of drug-likeness (QED) is 0.0204. The van der Waals surface area contributed by atoms with Gasteiger partial charge in [-0.05, 0) is 89.9 Å². The van der Waals surface area contributed by atoms with Crippen LogP contribution in [0.25, 0.3) is 0 Å². The summed E-state index contributed by atoms with van der Waals surface area (Å²) in [5.74, 6) is -0.250. The second-order valence-electron chi connectivity index (χ2n) is 26.4. The molecular weight excluding hydrogens is 1170 g/mol. The van der Waals surface area contributed by atoms with Crippen molar-refractivity contribution in [1.82, 2.24) is 5.32 Å². The highest BCUT2D eigenvalue weighted by Gasteiger charge is 2.51. The van der Waals surface area contributed by atoms with E-state index < -0.39 is 86.8 Å².